The Kier molecular flexibility index (Phi) is 2.24. The highest BCUT2D eigenvalue weighted by atomic mass is 16.5. The minimum atomic E-state index is -2.19. The van der Waals surface area contributed by atoms with Crippen LogP contribution in [0.3, 0.4) is 0 Å². The van der Waals surface area contributed by atoms with Crippen LogP contribution in [-0.2, 0) is 4.74 Å². The van der Waals surface area contributed by atoms with Crippen LogP contribution in [-0.4, -0.2) is 48.5 Å². The molecule has 5 N–H and O–H groups in total. The molecule has 9 nitrogen and oxygen atoms in total. The molecule has 0 aromatic carbocycles. The highest BCUT2D eigenvalue weighted by Crippen LogP contribution is 2.30. The normalized spacial score (nSPS) is 31.4. The predicted octanol–water partition coefficient (Wildman–Crippen LogP) is -1.66. The topological polar surface area (TPSA) is 139 Å². The largest absolute Gasteiger partial charge is 0.394 e. The van der Waals surface area contributed by atoms with Crippen LogP contribution >= 0.6 is 0 Å². The summed E-state index contributed by atoms with van der Waals surface area (Å²) in [7, 11) is 0. The molecule has 1 saturated heterocycles. The number of imidazole rings is 1. The average Bonchev–Trinajstić information content (AvgIpc) is 2.91. The molecule has 102 valence electrons. The summed E-state index contributed by atoms with van der Waals surface area (Å²) in [5.41, 5.74) is 4.92. The maximum Gasteiger partial charge on any atom is 0.280 e. The number of nitrogen functional groups attached to an aromatic ring is 1. The van der Waals surface area contributed by atoms with Gasteiger partial charge in [0, 0.05) is 9.11 Å². The molecule has 0 bridgehead atoms. The van der Waals surface area contributed by atoms with E-state index >= 15 is 0 Å². The Hall–Kier alpha value is -1.97. The number of nitrogens with two attached hydrogens (primary N) is 1. The Morgan fingerprint density at radius 1 is 1.74 bits per heavy atom. The summed E-state index contributed by atoms with van der Waals surface area (Å²) < 4.78 is 22.4. The number of hydrogen-bond acceptors (Lipinski definition) is 7. The van der Waals surface area contributed by atoms with Crippen LogP contribution < -0.4 is 11.3 Å². The number of rotatable bonds is 2. The number of hydrogen-bond donors (Lipinski definition) is 4. The van der Waals surface area contributed by atoms with Crippen molar-refractivity contribution in [3.8, 4) is 0 Å². The second-order valence-electron chi connectivity index (χ2n) is 4.10. The summed E-state index contributed by atoms with van der Waals surface area (Å²) in [6.45, 7) is -0.542. The zero-order valence-corrected chi connectivity index (χ0v) is 9.65. The number of nitrogens with one attached hydrogen (secondary N) is 1. The van der Waals surface area contributed by atoms with Crippen molar-refractivity contribution in [2.45, 2.75) is 24.8 Å². The molecular formula is C10H13N5O4. The van der Waals surface area contributed by atoms with E-state index in [-0.39, 0.29) is 17.1 Å². The van der Waals surface area contributed by atoms with Crippen LogP contribution in [0.5, 0.6) is 0 Å². The van der Waals surface area contributed by atoms with Gasteiger partial charge in [-0.15, -0.1) is 0 Å². The fraction of sp³-hybridized carbons (Fsp3) is 0.500. The number of ether oxygens (including phenoxy) is 1. The fourth-order valence-electron chi connectivity index (χ4n) is 1.94. The highest BCUT2D eigenvalue weighted by Gasteiger charge is 2.35. The zero-order valence-electron chi connectivity index (χ0n) is 11.6. The summed E-state index contributed by atoms with van der Waals surface area (Å²) in [5, 5.41) is 19.0. The van der Waals surface area contributed by atoms with E-state index < -0.39 is 37.0 Å². The molecule has 0 aliphatic carbocycles. The van der Waals surface area contributed by atoms with Gasteiger partial charge in [0.25, 0.3) is 5.56 Å². The maximum atomic E-state index is 11.7. The number of anilines is 1. The van der Waals surface area contributed by atoms with Gasteiger partial charge in [0.05, 0.1) is 19.0 Å². The number of aromatic amines is 1. The number of H-pyrrole nitrogens is 1. The van der Waals surface area contributed by atoms with Crippen molar-refractivity contribution in [1.29, 1.82) is 0 Å². The standard InChI is InChI=1S/C10H13N5O4/c11-10-13-8-7(9(18)14-10)12-3-15(8)6-1-4(17)5(2-16)19-6/h3-6,16-17H,1-2H2,(H3,11,13,14,18)/t4-,5+,6+/m0/s1/i1D2. The van der Waals surface area contributed by atoms with Gasteiger partial charge in [-0.05, 0) is 0 Å². The van der Waals surface area contributed by atoms with Gasteiger partial charge in [-0.2, -0.15) is 4.98 Å². The lowest BCUT2D eigenvalue weighted by molar-refractivity contribution is -0.0432. The SMILES string of the molecule is [2H]C1([2H])[C@H](O)[C@@H](CO)O[C@H]1n1cnc2c(=O)[nH]c(N)nc21. The molecular weight excluding hydrogens is 254 g/mol. The molecule has 2 aromatic heterocycles. The van der Waals surface area contributed by atoms with Crippen LogP contribution in [0.25, 0.3) is 11.2 Å². The minimum Gasteiger partial charge on any atom is -0.394 e. The fourth-order valence-corrected chi connectivity index (χ4v) is 1.94. The Morgan fingerprint density at radius 2 is 2.53 bits per heavy atom. The second kappa shape index (κ2) is 4.30. The Morgan fingerprint density at radius 3 is 3.21 bits per heavy atom. The minimum absolute atomic E-state index is 0.0226. The molecule has 0 amide bonds. The third-order valence-electron chi connectivity index (χ3n) is 2.85. The molecule has 0 spiro atoms. The molecule has 9 heteroatoms. The van der Waals surface area contributed by atoms with E-state index in [1.54, 1.807) is 0 Å². The Labute approximate surface area is 109 Å². The van der Waals surface area contributed by atoms with Gasteiger partial charge in [0.1, 0.15) is 12.3 Å². The van der Waals surface area contributed by atoms with Crippen LogP contribution in [0.15, 0.2) is 11.1 Å². The first kappa shape index (κ1) is 9.89. The highest BCUT2D eigenvalue weighted by molar-refractivity contribution is 5.70. The summed E-state index contributed by atoms with van der Waals surface area (Å²) in [4.78, 5) is 21.7. The second-order valence-corrected chi connectivity index (χ2v) is 4.10. The van der Waals surface area contributed by atoms with E-state index in [4.69, 9.17) is 18.3 Å². The predicted molar refractivity (Wildman–Crippen MR) is 64.2 cm³/mol. The molecule has 3 heterocycles. The van der Waals surface area contributed by atoms with E-state index in [2.05, 4.69) is 15.0 Å². The number of aliphatic hydroxyl groups is 2. The zero-order chi connectivity index (χ0) is 15.4. The molecule has 3 rings (SSSR count). The van der Waals surface area contributed by atoms with Gasteiger partial charge in [0.15, 0.2) is 11.2 Å². The van der Waals surface area contributed by atoms with Crippen LogP contribution in [0, 0.1) is 0 Å². The average molecular weight is 269 g/mol. The van der Waals surface area contributed by atoms with Crippen molar-refractivity contribution in [2.75, 3.05) is 12.3 Å². The Bertz CT molecular complexity index is 745. The molecule has 0 unspecified atom stereocenters. The smallest absolute Gasteiger partial charge is 0.280 e. The van der Waals surface area contributed by atoms with Crippen molar-refractivity contribution >= 4 is 17.1 Å². The molecule has 1 aliphatic rings. The third-order valence-corrected chi connectivity index (χ3v) is 2.85. The van der Waals surface area contributed by atoms with E-state index in [1.165, 1.54) is 10.9 Å². The molecule has 0 saturated carbocycles. The van der Waals surface area contributed by atoms with Crippen molar-refractivity contribution in [3.05, 3.63) is 16.7 Å². The van der Waals surface area contributed by atoms with E-state index in [0.29, 0.717) is 0 Å². The van der Waals surface area contributed by atoms with Gasteiger partial charge in [-0.1, -0.05) is 0 Å². The summed E-state index contributed by atoms with van der Waals surface area (Å²) >= 11 is 0. The summed E-state index contributed by atoms with van der Waals surface area (Å²) in [6, 6.07) is 0. The molecule has 1 fully saturated rings. The lowest BCUT2D eigenvalue weighted by Gasteiger charge is -2.13. The summed E-state index contributed by atoms with van der Waals surface area (Å²) in [6.07, 6.45) is -4.91. The van der Waals surface area contributed by atoms with Crippen LogP contribution in [0.4, 0.5) is 5.95 Å². The van der Waals surface area contributed by atoms with Gasteiger partial charge >= 0.3 is 0 Å². The maximum absolute atomic E-state index is 11.7. The third kappa shape index (κ3) is 1.87. The quantitative estimate of drug-likeness (QED) is 0.511. The first-order valence-corrected chi connectivity index (χ1v) is 5.53. The molecule has 19 heavy (non-hydrogen) atoms. The molecule has 1 aliphatic heterocycles. The van der Waals surface area contributed by atoms with E-state index in [0.717, 1.165) is 0 Å². The number of aliphatic hydroxyl groups excluding tert-OH is 2. The van der Waals surface area contributed by atoms with Crippen LogP contribution in [0.1, 0.15) is 15.3 Å². The number of aromatic nitrogens is 4. The first-order valence-electron chi connectivity index (χ1n) is 6.53. The lowest BCUT2D eigenvalue weighted by atomic mass is 10.2. The van der Waals surface area contributed by atoms with E-state index in [1.807, 2.05) is 0 Å². The van der Waals surface area contributed by atoms with Gasteiger partial charge in [0.2, 0.25) is 5.95 Å². The number of nitrogens with zero attached hydrogens (tertiary/aromatic N) is 3. The van der Waals surface area contributed by atoms with Gasteiger partial charge in [-0.3, -0.25) is 14.3 Å². The van der Waals surface area contributed by atoms with Gasteiger partial charge in [-0.25, -0.2) is 4.98 Å². The van der Waals surface area contributed by atoms with E-state index in [9.17, 15) is 9.90 Å². The van der Waals surface area contributed by atoms with Crippen LogP contribution in [0.2, 0.25) is 0 Å². The first-order chi connectivity index (χ1) is 9.86. The van der Waals surface area contributed by atoms with Gasteiger partial charge < -0.3 is 20.7 Å². The monoisotopic (exact) mass is 269 g/mol. The van der Waals surface area contributed by atoms with Crippen molar-refractivity contribution in [2.24, 2.45) is 0 Å². The molecule has 3 atom stereocenters. The molecule has 2 aromatic rings. The van der Waals surface area contributed by atoms with Crippen molar-refractivity contribution in [1.82, 2.24) is 19.5 Å². The summed E-state index contributed by atoms with van der Waals surface area (Å²) in [5.74, 6) is -0.146. The Balaban J connectivity index is 2.15. The lowest BCUT2D eigenvalue weighted by Crippen LogP contribution is -2.24. The molecule has 0 radical (unpaired) electrons. The van der Waals surface area contributed by atoms with Crippen molar-refractivity contribution < 1.29 is 17.7 Å². The number of fused-ring (bicyclic) bond motifs is 1. The van der Waals surface area contributed by atoms with Crippen molar-refractivity contribution in [3.63, 3.8) is 0 Å².